The molecule has 4 nitrogen and oxygen atoms in total. The molecule has 0 saturated heterocycles. The van der Waals surface area contributed by atoms with Crippen LogP contribution in [0.5, 0.6) is 5.75 Å². The zero-order valence-corrected chi connectivity index (χ0v) is 12.2. The molecule has 0 aliphatic carbocycles. The monoisotopic (exact) mass is 290 g/mol. The van der Waals surface area contributed by atoms with Gasteiger partial charge in [-0.15, -0.1) is 0 Å². The predicted octanol–water partition coefficient (Wildman–Crippen LogP) is 2.74. The highest BCUT2D eigenvalue weighted by Crippen LogP contribution is 2.33. The second-order valence-electron chi connectivity index (χ2n) is 5.05. The average molecular weight is 291 g/mol. The largest absolute Gasteiger partial charge is 0.493 e. The van der Waals surface area contributed by atoms with Crippen LogP contribution >= 0.6 is 11.6 Å². The topological polar surface area (TPSA) is 44.1 Å². The fourth-order valence-electron chi connectivity index (χ4n) is 2.62. The molecule has 1 aromatic heterocycles. The Bertz CT molecular complexity index is 691. The molecular formula is C15H15ClN2O2. The Labute approximate surface area is 122 Å². The van der Waals surface area contributed by atoms with Crippen LogP contribution in [0.2, 0.25) is 5.02 Å². The molecule has 1 aliphatic rings. The molecule has 0 spiro atoms. The number of fused-ring (bicyclic) bond motifs is 1. The molecule has 1 aliphatic heterocycles. The van der Waals surface area contributed by atoms with Gasteiger partial charge < -0.3 is 4.74 Å². The summed E-state index contributed by atoms with van der Waals surface area (Å²) in [6.45, 7) is 2.49. The van der Waals surface area contributed by atoms with Gasteiger partial charge in [0.1, 0.15) is 5.75 Å². The first-order valence-electron chi connectivity index (χ1n) is 6.52. The van der Waals surface area contributed by atoms with Crippen LogP contribution in [0.25, 0.3) is 0 Å². The van der Waals surface area contributed by atoms with Crippen molar-refractivity contribution in [2.45, 2.75) is 19.8 Å². The number of benzene rings is 1. The third kappa shape index (κ3) is 2.31. The summed E-state index contributed by atoms with van der Waals surface area (Å²) in [7, 11) is 1.81. The molecular weight excluding hydrogens is 276 g/mol. The highest BCUT2D eigenvalue weighted by molar-refractivity contribution is 6.30. The van der Waals surface area contributed by atoms with Crippen molar-refractivity contribution in [2.75, 3.05) is 6.61 Å². The molecule has 0 N–H and O–H groups in total. The van der Waals surface area contributed by atoms with Gasteiger partial charge in [0.2, 0.25) is 0 Å². The highest BCUT2D eigenvalue weighted by atomic mass is 35.5. The number of aryl methyl sites for hydroxylation is 2. The maximum absolute atomic E-state index is 12.4. The van der Waals surface area contributed by atoms with Gasteiger partial charge in [-0.2, -0.15) is 5.10 Å². The minimum absolute atomic E-state index is 0.0376. The van der Waals surface area contributed by atoms with Gasteiger partial charge in [0.25, 0.3) is 0 Å². The predicted molar refractivity (Wildman–Crippen MR) is 76.6 cm³/mol. The van der Waals surface area contributed by atoms with Gasteiger partial charge in [-0.05, 0) is 24.6 Å². The van der Waals surface area contributed by atoms with Crippen molar-refractivity contribution in [2.24, 2.45) is 7.05 Å². The zero-order chi connectivity index (χ0) is 14.3. The van der Waals surface area contributed by atoms with Crippen LogP contribution in [0.1, 0.15) is 27.2 Å². The smallest absolute Gasteiger partial charge is 0.170 e. The number of ether oxygens (including phenoxy) is 1. The fraction of sp³-hybridized carbons (Fsp3) is 0.333. The number of carbonyl (C=O) groups excluding carboxylic acids is 1. The van der Waals surface area contributed by atoms with Crippen LogP contribution in [0, 0.1) is 6.92 Å². The number of hydrogen-bond acceptors (Lipinski definition) is 3. The second kappa shape index (κ2) is 4.94. The van der Waals surface area contributed by atoms with E-state index in [0.29, 0.717) is 17.2 Å². The lowest BCUT2D eigenvalue weighted by atomic mass is 10.0. The molecule has 0 fully saturated rings. The lowest BCUT2D eigenvalue weighted by molar-refractivity contribution is 0.0991. The number of nitrogens with zero attached hydrogens (tertiary/aromatic N) is 2. The molecule has 20 heavy (non-hydrogen) atoms. The van der Waals surface area contributed by atoms with E-state index in [-0.39, 0.29) is 12.2 Å². The van der Waals surface area contributed by atoms with Gasteiger partial charge in [0, 0.05) is 36.7 Å². The first-order valence-corrected chi connectivity index (χ1v) is 6.90. The number of ketones is 1. The number of aromatic nitrogens is 2. The summed E-state index contributed by atoms with van der Waals surface area (Å²) >= 11 is 6.11. The number of rotatable bonds is 3. The van der Waals surface area contributed by atoms with Gasteiger partial charge in [-0.3, -0.25) is 9.48 Å². The van der Waals surface area contributed by atoms with Gasteiger partial charge in [0.15, 0.2) is 5.78 Å². The first kappa shape index (κ1) is 13.2. The Morgan fingerprint density at radius 2 is 2.30 bits per heavy atom. The van der Waals surface area contributed by atoms with Crippen molar-refractivity contribution in [3.8, 4) is 5.75 Å². The van der Waals surface area contributed by atoms with Crippen molar-refractivity contribution in [3.05, 3.63) is 45.7 Å². The number of Topliss-reactive ketones (excluding diaryl/α,β-unsaturated/α-hetero) is 1. The maximum Gasteiger partial charge on any atom is 0.170 e. The molecule has 0 bridgehead atoms. The lowest BCUT2D eigenvalue weighted by Gasteiger charge is -2.08. The molecule has 104 valence electrons. The number of halogens is 1. The summed E-state index contributed by atoms with van der Waals surface area (Å²) in [5, 5.41) is 4.86. The lowest BCUT2D eigenvalue weighted by Crippen LogP contribution is -2.05. The van der Waals surface area contributed by atoms with Crippen LogP contribution in [0.4, 0.5) is 0 Å². The van der Waals surface area contributed by atoms with Gasteiger partial charge in [0.05, 0.1) is 17.9 Å². The van der Waals surface area contributed by atoms with Gasteiger partial charge in [-0.1, -0.05) is 11.6 Å². The van der Waals surface area contributed by atoms with Crippen LogP contribution in [-0.4, -0.2) is 22.2 Å². The molecule has 0 radical (unpaired) electrons. The molecule has 1 aromatic carbocycles. The van der Waals surface area contributed by atoms with E-state index >= 15 is 0 Å². The molecule has 5 heteroatoms. The molecule has 2 aromatic rings. The fourth-order valence-corrected chi connectivity index (χ4v) is 2.88. The number of hydrogen-bond donors (Lipinski definition) is 0. The Kier molecular flexibility index (Phi) is 3.26. The van der Waals surface area contributed by atoms with Crippen LogP contribution in [0.15, 0.2) is 18.3 Å². The first-order chi connectivity index (χ1) is 9.54. The minimum atomic E-state index is 0.0376. The van der Waals surface area contributed by atoms with Crippen molar-refractivity contribution in [3.63, 3.8) is 0 Å². The Balaban J connectivity index is 1.92. The quantitative estimate of drug-likeness (QED) is 0.817. The minimum Gasteiger partial charge on any atom is -0.493 e. The van der Waals surface area contributed by atoms with E-state index in [9.17, 15) is 4.79 Å². The molecule has 3 rings (SSSR count). The summed E-state index contributed by atoms with van der Waals surface area (Å²) in [6, 6.07) is 3.72. The normalized spacial score (nSPS) is 13.2. The summed E-state index contributed by atoms with van der Waals surface area (Å²) in [5.74, 6) is 0.861. The SMILES string of the molecule is Cc1nn(C)cc1C(=O)Cc1cc(Cl)cc2c1OCC2. The Morgan fingerprint density at radius 1 is 1.50 bits per heavy atom. The Hall–Kier alpha value is -1.81. The average Bonchev–Trinajstić information content (AvgIpc) is 2.95. The third-order valence-electron chi connectivity index (χ3n) is 3.49. The van der Waals surface area contributed by atoms with E-state index in [1.807, 2.05) is 26.1 Å². The summed E-state index contributed by atoms with van der Waals surface area (Å²) in [5.41, 5.74) is 3.35. The molecule has 0 saturated carbocycles. The van der Waals surface area contributed by atoms with Crippen LogP contribution in [0.3, 0.4) is 0 Å². The summed E-state index contributed by atoms with van der Waals surface area (Å²) in [6.07, 6.45) is 2.89. The van der Waals surface area contributed by atoms with E-state index < -0.39 is 0 Å². The van der Waals surface area contributed by atoms with E-state index in [4.69, 9.17) is 16.3 Å². The highest BCUT2D eigenvalue weighted by Gasteiger charge is 2.21. The van der Waals surface area contributed by atoms with Crippen molar-refractivity contribution >= 4 is 17.4 Å². The Morgan fingerprint density at radius 3 is 3.00 bits per heavy atom. The molecule has 0 unspecified atom stereocenters. The molecule has 2 heterocycles. The van der Waals surface area contributed by atoms with Crippen molar-refractivity contribution in [1.82, 2.24) is 9.78 Å². The van der Waals surface area contributed by atoms with Crippen LogP contribution in [-0.2, 0) is 19.9 Å². The van der Waals surface area contributed by atoms with Crippen molar-refractivity contribution in [1.29, 1.82) is 0 Å². The van der Waals surface area contributed by atoms with Crippen molar-refractivity contribution < 1.29 is 9.53 Å². The summed E-state index contributed by atoms with van der Waals surface area (Å²) in [4.78, 5) is 12.4. The van der Waals surface area contributed by atoms with Crippen LogP contribution < -0.4 is 4.74 Å². The standard InChI is InChI=1S/C15H15ClN2O2/c1-9-13(8-18(2)17-9)14(19)7-11-6-12(16)5-10-3-4-20-15(10)11/h5-6,8H,3-4,7H2,1-2H3. The van der Waals surface area contributed by atoms with Gasteiger partial charge >= 0.3 is 0 Å². The van der Waals surface area contributed by atoms with E-state index in [1.54, 1.807) is 10.9 Å². The third-order valence-corrected chi connectivity index (χ3v) is 3.71. The zero-order valence-electron chi connectivity index (χ0n) is 11.4. The second-order valence-corrected chi connectivity index (χ2v) is 5.49. The maximum atomic E-state index is 12.4. The van der Waals surface area contributed by atoms with E-state index in [1.165, 1.54) is 0 Å². The molecule has 0 amide bonds. The van der Waals surface area contributed by atoms with Gasteiger partial charge in [-0.25, -0.2) is 0 Å². The van der Waals surface area contributed by atoms with E-state index in [2.05, 4.69) is 5.10 Å². The number of carbonyl (C=O) groups is 1. The van der Waals surface area contributed by atoms with E-state index in [0.717, 1.165) is 29.0 Å². The summed E-state index contributed by atoms with van der Waals surface area (Å²) < 4.78 is 7.28. The molecule has 0 atom stereocenters.